The molecule has 1 heterocycles. The van der Waals surface area contributed by atoms with Crippen molar-refractivity contribution in [1.29, 1.82) is 0 Å². The summed E-state index contributed by atoms with van der Waals surface area (Å²) in [6.45, 7) is 3.84. The van der Waals surface area contributed by atoms with Gasteiger partial charge in [-0.2, -0.15) is 0 Å². The van der Waals surface area contributed by atoms with Crippen LogP contribution >= 0.6 is 0 Å². The van der Waals surface area contributed by atoms with Crippen molar-refractivity contribution in [2.45, 2.75) is 13.3 Å². The number of hydrogen-bond acceptors (Lipinski definition) is 3. The summed E-state index contributed by atoms with van der Waals surface area (Å²) in [4.78, 5) is 11.0. The van der Waals surface area contributed by atoms with E-state index in [0.29, 0.717) is 13.2 Å². The zero-order chi connectivity index (χ0) is 9.90. The number of carboxylic acids is 1. The van der Waals surface area contributed by atoms with Gasteiger partial charge in [0.1, 0.15) is 0 Å². The highest BCUT2D eigenvalue weighted by atomic mass is 16.5. The van der Waals surface area contributed by atoms with Crippen LogP contribution in [0, 0.1) is 11.3 Å². The predicted octanol–water partition coefficient (Wildman–Crippen LogP) is 0.333. The number of rotatable bonds is 4. The lowest BCUT2D eigenvalue weighted by molar-refractivity contribution is -0.146. The lowest BCUT2D eigenvalue weighted by Gasteiger charge is -2.30. The molecule has 0 aromatic rings. The minimum Gasteiger partial charge on any atom is -0.481 e. The Hall–Kier alpha value is -0.610. The van der Waals surface area contributed by atoms with E-state index in [0.717, 1.165) is 13.0 Å². The number of carboxylic acid groups (broad SMARTS) is 1. The Balaban J connectivity index is 2.76. The zero-order valence-electron chi connectivity index (χ0n) is 8.17. The van der Waals surface area contributed by atoms with Crippen LogP contribution < -0.4 is 5.32 Å². The predicted molar refractivity (Wildman–Crippen MR) is 48.6 cm³/mol. The van der Waals surface area contributed by atoms with Crippen molar-refractivity contribution in [3.05, 3.63) is 0 Å². The van der Waals surface area contributed by atoms with Gasteiger partial charge in [0, 0.05) is 25.6 Å². The standard InChI is InChI=1S/C9H17NO3/c1-3-9(6-13-2)5-10-4-7(9)8(11)12/h7,10H,3-6H2,1-2H3,(H,11,12). The van der Waals surface area contributed by atoms with E-state index >= 15 is 0 Å². The quantitative estimate of drug-likeness (QED) is 0.666. The molecule has 2 atom stereocenters. The molecule has 76 valence electrons. The van der Waals surface area contributed by atoms with Crippen molar-refractivity contribution in [3.8, 4) is 0 Å². The summed E-state index contributed by atoms with van der Waals surface area (Å²) in [5.74, 6) is -1.03. The molecule has 1 aliphatic heterocycles. The van der Waals surface area contributed by atoms with Gasteiger partial charge in [0.05, 0.1) is 12.5 Å². The van der Waals surface area contributed by atoms with Gasteiger partial charge in [-0.3, -0.25) is 4.79 Å². The molecule has 1 aliphatic rings. The van der Waals surface area contributed by atoms with Gasteiger partial charge < -0.3 is 15.2 Å². The number of ether oxygens (including phenoxy) is 1. The van der Waals surface area contributed by atoms with Crippen molar-refractivity contribution >= 4 is 5.97 Å². The molecule has 2 unspecified atom stereocenters. The molecule has 1 rings (SSSR count). The Kier molecular flexibility index (Phi) is 3.27. The fraction of sp³-hybridized carbons (Fsp3) is 0.889. The highest BCUT2D eigenvalue weighted by molar-refractivity contribution is 5.72. The van der Waals surface area contributed by atoms with Gasteiger partial charge in [0.2, 0.25) is 0 Å². The van der Waals surface area contributed by atoms with Crippen molar-refractivity contribution in [2.75, 3.05) is 26.8 Å². The number of methoxy groups -OCH3 is 1. The SMILES string of the molecule is CCC1(COC)CNCC1C(=O)O. The van der Waals surface area contributed by atoms with Gasteiger partial charge in [0.25, 0.3) is 0 Å². The maximum absolute atomic E-state index is 11.0. The van der Waals surface area contributed by atoms with Crippen LogP contribution in [0.25, 0.3) is 0 Å². The summed E-state index contributed by atoms with van der Waals surface area (Å²) in [6.07, 6.45) is 0.838. The molecule has 0 bridgehead atoms. The molecule has 0 aliphatic carbocycles. The smallest absolute Gasteiger partial charge is 0.308 e. The lowest BCUT2D eigenvalue weighted by Crippen LogP contribution is -2.38. The summed E-state index contributed by atoms with van der Waals surface area (Å²) in [5, 5.41) is 12.1. The first-order chi connectivity index (χ1) is 6.16. The number of hydrogen-bond donors (Lipinski definition) is 2. The highest BCUT2D eigenvalue weighted by Crippen LogP contribution is 2.35. The molecular weight excluding hydrogens is 170 g/mol. The molecule has 0 saturated carbocycles. The molecule has 4 heteroatoms. The monoisotopic (exact) mass is 187 g/mol. The van der Waals surface area contributed by atoms with E-state index in [-0.39, 0.29) is 11.3 Å². The van der Waals surface area contributed by atoms with Crippen LogP contribution in [0.3, 0.4) is 0 Å². The lowest BCUT2D eigenvalue weighted by atomic mass is 9.76. The molecule has 0 radical (unpaired) electrons. The van der Waals surface area contributed by atoms with Crippen molar-refractivity contribution in [1.82, 2.24) is 5.32 Å². The van der Waals surface area contributed by atoms with Crippen molar-refractivity contribution < 1.29 is 14.6 Å². The largest absolute Gasteiger partial charge is 0.481 e. The summed E-state index contributed by atoms with van der Waals surface area (Å²) >= 11 is 0. The molecule has 1 fully saturated rings. The third kappa shape index (κ3) is 1.84. The van der Waals surface area contributed by atoms with Crippen LogP contribution in [0.5, 0.6) is 0 Å². The van der Waals surface area contributed by atoms with Crippen LogP contribution in [-0.4, -0.2) is 37.9 Å². The minimum absolute atomic E-state index is 0.208. The highest BCUT2D eigenvalue weighted by Gasteiger charge is 2.45. The van der Waals surface area contributed by atoms with E-state index in [1.807, 2.05) is 6.92 Å². The van der Waals surface area contributed by atoms with Gasteiger partial charge in [0.15, 0.2) is 0 Å². The van der Waals surface area contributed by atoms with Gasteiger partial charge in [-0.05, 0) is 6.42 Å². The van der Waals surface area contributed by atoms with Gasteiger partial charge in [-0.15, -0.1) is 0 Å². The number of nitrogens with one attached hydrogen (secondary N) is 1. The average Bonchev–Trinajstić information content (AvgIpc) is 2.50. The summed E-state index contributed by atoms with van der Waals surface area (Å²) < 4.78 is 5.10. The van der Waals surface area contributed by atoms with Gasteiger partial charge in [-0.1, -0.05) is 6.92 Å². The first-order valence-electron chi connectivity index (χ1n) is 4.59. The third-order valence-corrected chi connectivity index (χ3v) is 3.00. The van der Waals surface area contributed by atoms with E-state index in [1.54, 1.807) is 7.11 Å². The fourth-order valence-electron chi connectivity index (χ4n) is 2.07. The first-order valence-corrected chi connectivity index (χ1v) is 4.59. The molecule has 0 aromatic carbocycles. The Labute approximate surface area is 78.3 Å². The molecule has 0 amide bonds. The molecule has 0 spiro atoms. The van der Waals surface area contributed by atoms with Crippen molar-refractivity contribution in [2.24, 2.45) is 11.3 Å². The topological polar surface area (TPSA) is 58.6 Å². The van der Waals surface area contributed by atoms with Gasteiger partial charge >= 0.3 is 5.97 Å². The first kappa shape index (κ1) is 10.5. The van der Waals surface area contributed by atoms with Crippen LogP contribution in [-0.2, 0) is 9.53 Å². The van der Waals surface area contributed by atoms with Gasteiger partial charge in [-0.25, -0.2) is 0 Å². The second-order valence-corrected chi connectivity index (χ2v) is 3.67. The molecule has 2 N–H and O–H groups in total. The summed E-state index contributed by atoms with van der Waals surface area (Å²) in [7, 11) is 1.62. The Morgan fingerprint density at radius 1 is 1.77 bits per heavy atom. The van der Waals surface area contributed by atoms with Crippen LogP contribution in [0.1, 0.15) is 13.3 Å². The maximum Gasteiger partial charge on any atom is 0.308 e. The van der Waals surface area contributed by atoms with Crippen molar-refractivity contribution in [3.63, 3.8) is 0 Å². The van der Waals surface area contributed by atoms with E-state index in [1.165, 1.54) is 0 Å². The Bertz CT molecular complexity index is 195. The van der Waals surface area contributed by atoms with E-state index < -0.39 is 5.97 Å². The second-order valence-electron chi connectivity index (χ2n) is 3.67. The fourth-order valence-corrected chi connectivity index (χ4v) is 2.07. The Morgan fingerprint density at radius 3 is 2.92 bits per heavy atom. The minimum atomic E-state index is -0.719. The Morgan fingerprint density at radius 2 is 2.46 bits per heavy atom. The molecular formula is C9H17NO3. The molecule has 13 heavy (non-hydrogen) atoms. The normalized spacial score (nSPS) is 33.5. The van der Waals surface area contributed by atoms with E-state index in [9.17, 15) is 4.79 Å². The van der Waals surface area contributed by atoms with Crippen LogP contribution in [0.2, 0.25) is 0 Å². The summed E-state index contributed by atoms with van der Waals surface area (Å²) in [5.41, 5.74) is -0.208. The van der Waals surface area contributed by atoms with E-state index in [2.05, 4.69) is 5.32 Å². The maximum atomic E-state index is 11.0. The van der Waals surface area contributed by atoms with E-state index in [4.69, 9.17) is 9.84 Å². The third-order valence-electron chi connectivity index (χ3n) is 3.00. The average molecular weight is 187 g/mol. The summed E-state index contributed by atoms with van der Waals surface area (Å²) in [6, 6.07) is 0. The number of carbonyl (C=O) groups is 1. The number of aliphatic carboxylic acids is 1. The molecule has 4 nitrogen and oxygen atoms in total. The molecule has 1 saturated heterocycles. The van der Waals surface area contributed by atoms with Crippen LogP contribution in [0.4, 0.5) is 0 Å². The molecule has 0 aromatic heterocycles. The second kappa shape index (κ2) is 4.07. The zero-order valence-corrected chi connectivity index (χ0v) is 8.17. The van der Waals surface area contributed by atoms with Crippen LogP contribution in [0.15, 0.2) is 0 Å².